The number of hydrogen-bond donors (Lipinski definition) is 0. The van der Waals surface area contributed by atoms with Gasteiger partial charge in [0.05, 0.1) is 5.56 Å². The molecule has 0 atom stereocenters. The highest BCUT2D eigenvalue weighted by atomic mass is 35.5. The first-order valence-electron chi connectivity index (χ1n) is 4.94. The Kier molecular flexibility index (Phi) is 4.07. The highest BCUT2D eigenvalue weighted by Crippen LogP contribution is 2.31. The summed E-state index contributed by atoms with van der Waals surface area (Å²) in [4.78, 5) is 22.2. The van der Waals surface area contributed by atoms with E-state index in [9.17, 15) is 9.59 Å². The zero-order chi connectivity index (χ0) is 12.3. The maximum Gasteiger partial charge on any atom is 0.308 e. The Hall–Kier alpha value is -1.35. The lowest BCUT2D eigenvalue weighted by Gasteiger charge is -2.14. The maximum atomic E-state index is 11.2. The average molecular weight is 241 g/mol. The van der Waals surface area contributed by atoms with Crippen LogP contribution in [-0.2, 0) is 4.79 Å². The van der Waals surface area contributed by atoms with Gasteiger partial charge >= 0.3 is 5.97 Å². The highest BCUT2D eigenvalue weighted by molar-refractivity contribution is 6.68. The summed E-state index contributed by atoms with van der Waals surface area (Å²) in [6.45, 7) is 5.19. The van der Waals surface area contributed by atoms with Crippen LogP contribution in [0.15, 0.2) is 18.2 Å². The van der Waals surface area contributed by atoms with Gasteiger partial charge in [0.25, 0.3) is 5.24 Å². The van der Waals surface area contributed by atoms with Crippen molar-refractivity contribution in [3.8, 4) is 5.75 Å². The molecule has 0 saturated heterocycles. The number of ether oxygens (including phenoxy) is 1. The number of esters is 1. The molecule has 0 aliphatic heterocycles. The van der Waals surface area contributed by atoms with E-state index < -0.39 is 11.2 Å². The van der Waals surface area contributed by atoms with E-state index in [1.54, 1.807) is 12.1 Å². The molecule has 1 aromatic rings. The zero-order valence-electron chi connectivity index (χ0n) is 9.41. The van der Waals surface area contributed by atoms with Crippen molar-refractivity contribution in [2.75, 3.05) is 0 Å². The van der Waals surface area contributed by atoms with E-state index in [1.807, 2.05) is 19.9 Å². The maximum absolute atomic E-state index is 11.2. The van der Waals surface area contributed by atoms with E-state index in [4.69, 9.17) is 16.3 Å². The van der Waals surface area contributed by atoms with E-state index in [2.05, 4.69) is 0 Å². The lowest BCUT2D eigenvalue weighted by molar-refractivity contribution is -0.131. The van der Waals surface area contributed by atoms with Gasteiger partial charge in [-0.2, -0.15) is 0 Å². The highest BCUT2D eigenvalue weighted by Gasteiger charge is 2.17. The molecule has 16 heavy (non-hydrogen) atoms. The van der Waals surface area contributed by atoms with Crippen LogP contribution < -0.4 is 4.74 Å². The van der Waals surface area contributed by atoms with Crippen molar-refractivity contribution in [3.63, 3.8) is 0 Å². The Labute approximate surface area is 99.4 Å². The van der Waals surface area contributed by atoms with Crippen molar-refractivity contribution in [1.29, 1.82) is 0 Å². The Morgan fingerprint density at radius 2 is 1.94 bits per heavy atom. The van der Waals surface area contributed by atoms with Crippen LogP contribution in [0.5, 0.6) is 5.75 Å². The van der Waals surface area contributed by atoms with Crippen LogP contribution in [0.4, 0.5) is 0 Å². The number of rotatable bonds is 3. The Balaban J connectivity index is 3.34. The van der Waals surface area contributed by atoms with Crippen LogP contribution in [-0.4, -0.2) is 11.2 Å². The Morgan fingerprint density at radius 3 is 2.38 bits per heavy atom. The van der Waals surface area contributed by atoms with Gasteiger partial charge in [0.15, 0.2) is 0 Å². The molecule has 0 amide bonds. The first-order valence-corrected chi connectivity index (χ1v) is 5.32. The van der Waals surface area contributed by atoms with Gasteiger partial charge in [0.2, 0.25) is 0 Å². The normalized spacial score (nSPS) is 10.3. The lowest BCUT2D eigenvalue weighted by atomic mass is 9.99. The minimum Gasteiger partial charge on any atom is -0.426 e. The number of para-hydroxylation sites is 1. The van der Waals surface area contributed by atoms with Crippen LogP contribution >= 0.6 is 11.6 Å². The molecule has 1 aromatic carbocycles. The summed E-state index contributed by atoms with van der Waals surface area (Å²) < 4.78 is 5.05. The standard InChI is InChI=1S/C12H13ClO3/c1-7(2)9-5-4-6-10(12(13)15)11(9)16-8(3)14/h4-7H,1-3H3. The summed E-state index contributed by atoms with van der Waals surface area (Å²) in [7, 11) is 0. The van der Waals surface area contributed by atoms with Crippen molar-refractivity contribution in [3.05, 3.63) is 29.3 Å². The minimum absolute atomic E-state index is 0.144. The van der Waals surface area contributed by atoms with E-state index in [0.29, 0.717) is 0 Å². The van der Waals surface area contributed by atoms with Crippen LogP contribution in [0.3, 0.4) is 0 Å². The summed E-state index contributed by atoms with van der Waals surface area (Å²) in [5.74, 6) is -0.0532. The van der Waals surface area contributed by atoms with Crippen molar-refractivity contribution < 1.29 is 14.3 Å². The smallest absolute Gasteiger partial charge is 0.308 e. The van der Waals surface area contributed by atoms with Gasteiger partial charge in [0.1, 0.15) is 5.75 Å². The minimum atomic E-state index is -0.626. The van der Waals surface area contributed by atoms with Gasteiger partial charge in [0, 0.05) is 6.92 Å². The predicted octanol–water partition coefficient (Wildman–Crippen LogP) is 3.11. The Bertz CT molecular complexity index is 424. The second-order valence-electron chi connectivity index (χ2n) is 3.75. The van der Waals surface area contributed by atoms with Crippen molar-refractivity contribution in [2.45, 2.75) is 26.7 Å². The van der Waals surface area contributed by atoms with Gasteiger partial charge in [-0.15, -0.1) is 0 Å². The fourth-order valence-corrected chi connectivity index (χ4v) is 1.57. The second-order valence-corrected chi connectivity index (χ2v) is 4.09. The molecular weight excluding hydrogens is 228 g/mol. The largest absolute Gasteiger partial charge is 0.426 e. The van der Waals surface area contributed by atoms with E-state index in [1.165, 1.54) is 6.92 Å². The van der Waals surface area contributed by atoms with Crippen molar-refractivity contribution >= 4 is 22.8 Å². The van der Waals surface area contributed by atoms with Gasteiger partial charge in [-0.25, -0.2) is 0 Å². The molecule has 0 unspecified atom stereocenters. The van der Waals surface area contributed by atoms with Crippen molar-refractivity contribution in [1.82, 2.24) is 0 Å². The predicted molar refractivity (Wildman–Crippen MR) is 62.0 cm³/mol. The van der Waals surface area contributed by atoms with Crippen LogP contribution in [0.2, 0.25) is 0 Å². The van der Waals surface area contributed by atoms with E-state index >= 15 is 0 Å². The summed E-state index contributed by atoms with van der Waals surface area (Å²) in [6, 6.07) is 5.07. The molecule has 0 aliphatic carbocycles. The van der Waals surface area contributed by atoms with E-state index in [0.717, 1.165) is 5.56 Å². The van der Waals surface area contributed by atoms with Gasteiger partial charge in [-0.1, -0.05) is 26.0 Å². The molecule has 4 heteroatoms. The topological polar surface area (TPSA) is 43.4 Å². The van der Waals surface area contributed by atoms with E-state index in [-0.39, 0.29) is 17.2 Å². The van der Waals surface area contributed by atoms with Crippen LogP contribution in [0.1, 0.15) is 42.6 Å². The molecule has 0 saturated carbocycles. The molecule has 0 N–H and O–H groups in total. The molecule has 3 nitrogen and oxygen atoms in total. The monoisotopic (exact) mass is 240 g/mol. The number of benzene rings is 1. The van der Waals surface area contributed by atoms with Gasteiger partial charge < -0.3 is 4.74 Å². The third-order valence-corrected chi connectivity index (χ3v) is 2.33. The molecule has 0 bridgehead atoms. The third-order valence-electron chi connectivity index (χ3n) is 2.13. The lowest BCUT2D eigenvalue weighted by Crippen LogP contribution is -2.08. The molecule has 0 aliphatic rings. The van der Waals surface area contributed by atoms with Crippen LogP contribution in [0.25, 0.3) is 0 Å². The zero-order valence-corrected chi connectivity index (χ0v) is 10.2. The number of hydrogen-bond acceptors (Lipinski definition) is 3. The number of halogens is 1. The summed E-state index contributed by atoms with van der Waals surface area (Å²) in [5.41, 5.74) is 1.02. The molecule has 0 aromatic heterocycles. The average Bonchev–Trinajstić information content (AvgIpc) is 2.16. The quantitative estimate of drug-likeness (QED) is 0.463. The molecule has 0 spiro atoms. The molecule has 0 radical (unpaired) electrons. The molecule has 0 fully saturated rings. The summed E-state index contributed by atoms with van der Waals surface area (Å²) >= 11 is 5.44. The Morgan fingerprint density at radius 1 is 1.31 bits per heavy atom. The molecule has 0 heterocycles. The first-order chi connectivity index (χ1) is 7.43. The molecular formula is C12H13ClO3. The fraction of sp³-hybridized carbons (Fsp3) is 0.333. The number of carbonyl (C=O) groups is 2. The SMILES string of the molecule is CC(=O)Oc1c(C(=O)Cl)cccc1C(C)C. The van der Waals surface area contributed by atoms with Crippen LogP contribution in [0, 0.1) is 0 Å². The second kappa shape index (κ2) is 5.12. The molecule has 86 valence electrons. The summed E-state index contributed by atoms with van der Waals surface area (Å²) in [6.07, 6.45) is 0. The van der Waals surface area contributed by atoms with Gasteiger partial charge in [-0.3, -0.25) is 9.59 Å². The summed E-state index contributed by atoms with van der Waals surface area (Å²) in [5, 5.41) is -0.626. The van der Waals surface area contributed by atoms with Crippen molar-refractivity contribution in [2.24, 2.45) is 0 Å². The third kappa shape index (κ3) is 2.83. The first kappa shape index (κ1) is 12.7. The molecule has 1 rings (SSSR count). The van der Waals surface area contributed by atoms with Gasteiger partial charge in [-0.05, 0) is 29.1 Å². The fourth-order valence-electron chi connectivity index (χ4n) is 1.42. The number of carbonyl (C=O) groups excluding carboxylic acids is 2.